The molecule has 0 unspecified atom stereocenters. The maximum Gasteiger partial charge on any atom is 0.319 e. The average Bonchev–Trinajstić information content (AvgIpc) is 2.45. The highest BCUT2D eigenvalue weighted by atomic mass is 35.5. The number of aliphatic hydroxyl groups excluding tert-OH is 1. The molecule has 1 fully saturated rings. The quantitative estimate of drug-likeness (QED) is 0.800. The van der Waals surface area contributed by atoms with Gasteiger partial charge in [0.1, 0.15) is 0 Å². The van der Waals surface area contributed by atoms with Crippen LogP contribution in [0.5, 0.6) is 0 Å². The fourth-order valence-corrected chi connectivity index (χ4v) is 2.76. The fourth-order valence-electron chi connectivity index (χ4n) is 2.53. The number of halogens is 1. The van der Waals surface area contributed by atoms with Crippen LogP contribution in [-0.2, 0) is 11.3 Å². The smallest absolute Gasteiger partial charge is 0.319 e. The number of ether oxygens (including phenoxy) is 1. The van der Waals surface area contributed by atoms with Crippen molar-refractivity contribution in [3.63, 3.8) is 0 Å². The number of aliphatic hydroxyl groups is 1. The number of methoxy groups -OCH3 is 1. The topological polar surface area (TPSA) is 70.6 Å². The molecule has 2 amide bonds. The predicted octanol–water partition coefficient (Wildman–Crippen LogP) is 2.91. The Morgan fingerprint density at radius 3 is 2.76 bits per heavy atom. The van der Waals surface area contributed by atoms with E-state index >= 15 is 0 Å². The third kappa shape index (κ3) is 4.59. The van der Waals surface area contributed by atoms with E-state index in [1.807, 2.05) is 0 Å². The molecule has 1 aromatic carbocycles. The number of nitrogens with one attached hydrogen (secondary N) is 2. The van der Waals surface area contributed by atoms with Gasteiger partial charge in [-0.1, -0.05) is 17.7 Å². The lowest BCUT2D eigenvalue weighted by Crippen LogP contribution is -2.41. The minimum Gasteiger partial charge on any atom is -0.393 e. The number of benzene rings is 1. The van der Waals surface area contributed by atoms with Gasteiger partial charge in [-0.2, -0.15) is 0 Å². The van der Waals surface area contributed by atoms with Gasteiger partial charge in [-0.3, -0.25) is 0 Å². The molecule has 0 heterocycles. The Morgan fingerprint density at radius 2 is 2.10 bits per heavy atom. The van der Waals surface area contributed by atoms with E-state index in [-0.39, 0.29) is 18.2 Å². The normalized spacial score (nSPS) is 21.9. The highest BCUT2D eigenvalue weighted by Crippen LogP contribution is 2.25. The molecular formula is C15H21ClN2O3. The van der Waals surface area contributed by atoms with Gasteiger partial charge in [0.15, 0.2) is 0 Å². The lowest BCUT2D eigenvalue weighted by atomic mass is 9.93. The SMILES string of the molecule is COCc1c(Cl)cccc1NC(=O)NC1CCC(O)CC1. The lowest BCUT2D eigenvalue weighted by Gasteiger charge is -2.26. The van der Waals surface area contributed by atoms with Crippen LogP contribution in [0.4, 0.5) is 10.5 Å². The van der Waals surface area contributed by atoms with Crippen LogP contribution in [0, 0.1) is 0 Å². The Morgan fingerprint density at radius 1 is 1.38 bits per heavy atom. The highest BCUT2D eigenvalue weighted by molar-refractivity contribution is 6.31. The van der Waals surface area contributed by atoms with Gasteiger partial charge in [0, 0.05) is 29.4 Å². The van der Waals surface area contributed by atoms with Gasteiger partial charge in [0.25, 0.3) is 0 Å². The summed E-state index contributed by atoms with van der Waals surface area (Å²) in [6.07, 6.45) is 2.84. The van der Waals surface area contributed by atoms with E-state index in [1.165, 1.54) is 0 Å². The number of rotatable bonds is 4. The molecule has 1 aromatic rings. The molecule has 0 bridgehead atoms. The molecule has 1 aliphatic rings. The molecule has 2 rings (SSSR count). The molecule has 6 heteroatoms. The van der Waals surface area contributed by atoms with Crippen LogP contribution in [0.3, 0.4) is 0 Å². The number of amides is 2. The van der Waals surface area contributed by atoms with Crippen molar-refractivity contribution in [2.24, 2.45) is 0 Å². The largest absolute Gasteiger partial charge is 0.393 e. The number of urea groups is 1. The first-order valence-corrected chi connectivity index (χ1v) is 7.50. The van der Waals surface area contributed by atoms with Crippen LogP contribution in [0.25, 0.3) is 0 Å². The maximum atomic E-state index is 12.1. The van der Waals surface area contributed by atoms with Crippen molar-refractivity contribution in [2.45, 2.75) is 44.4 Å². The Bertz CT molecular complexity index is 488. The van der Waals surface area contributed by atoms with Gasteiger partial charge >= 0.3 is 6.03 Å². The summed E-state index contributed by atoms with van der Waals surface area (Å²) >= 11 is 6.12. The van der Waals surface area contributed by atoms with Gasteiger partial charge in [0.05, 0.1) is 12.7 Å². The second kappa shape index (κ2) is 7.64. The summed E-state index contributed by atoms with van der Waals surface area (Å²) in [5, 5.41) is 15.8. The van der Waals surface area contributed by atoms with E-state index in [4.69, 9.17) is 16.3 Å². The number of carbonyl (C=O) groups excluding carboxylic acids is 1. The van der Waals surface area contributed by atoms with E-state index in [0.29, 0.717) is 17.3 Å². The zero-order valence-corrected chi connectivity index (χ0v) is 12.8. The van der Waals surface area contributed by atoms with E-state index in [1.54, 1.807) is 25.3 Å². The summed E-state index contributed by atoms with van der Waals surface area (Å²) in [5.41, 5.74) is 1.41. The van der Waals surface area contributed by atoms with Crippen molar-refractivity contribution in [3.05, 3.63) is 28.8 Å². The van der Waals surface area contributed by atoms with Crippen LogP contribution in [0.1, 0.15) is 31.2 Å². The molecule has 0 aliphatic heterocycles. The highest BCUT2D eigenvalue weighted by Gasteiger charge is 2.21. The first-order valence-electron chi connectivity index (χ1n) is 7.12. The number of carbonyl (C=O) groups is 1. The summed E-state index contributed by atoms with van der Waals surface area (Å²) in [6, 6.07) is 5.20. The average molecular weight is 313 g/mol. The Balaban J connectivity index is 1.95. The molecule has 0 spiro atoms. The van der Waals surface area contributed by atoms with Crippen molar-refractivity contribution in [2.75, 3.05) is 12.4 Å². The third-order valence-electron chi connectivity index (χ3n) is 3.69. The van der Waals surface area contributed by atoms with E-state index in [9.17, 15) is 9.90 Å². The minimum atomic E-state index is -0.254. The summed E-state index contributed by atoms with van der Waals surface area (Å²) < 4.78 is 5.11. The summed E-state index contributed by atoms with van der Waals surface area (Å²) in [5.74, 6) is 0. The van der Waals surface area contributed by atoms with Gasteiger partial charge in [0.2, 0.25) is 0 Å². The molecule has 1 aliphatic carbocycles. The molecule has 5 nitrogen and oxygen atoms in total. The van der Waals surface area contributed by atoms with Gasteiger partial charge < -0.3 is 20.5 Å². The van der Waals surface area contributed by atoms with E-state index in [0.717, 1.165) is 31.2 Å². The molecule has 0 radical (unpaired) electrons. The third-order valence-corrected chi connectivity index (χ3v) is 4.04. The Hall–Kier alpha value is -1.30. The van der Waals surface area contributed by atoms with E-state index < -0.39 is 0 Å². The molecule has 3 N–H and O–H groups in total. The molecule has 0 saturated heterocycles. The monoisotopic (exact) mass is 312 g/mol. The standard InChI is InChI=1S/C15H21ClN2O3/c1-21-9-12-13(16)3-2-4-14(12)18-15(20)17-10-5-7-11(19)8-6-10/h2-4,10-11,19H,5-9H2,1H3,(H2,17,18,20). The fraction of sp³-hybridized carbons (Fsp3) is 0.533. The maximum absolute atomic E-state index is 12.1. The summed E-state index contributed by atoms with van der Waals surface area (Å²) in [7, 11) is 1.58. The molecule has 0 aromatic heterocycles. The Kier molecular flexibility index (Phi) is 5.85. The second-order valence-electron chi connectivity index (χ2n) is 5.30. The lowest BCUT2D eigenvalue weighted by molar-refractivity contribution is 0.118. The zero-order valence-electron chi connectivity index (χ0n) is 12.1. The van der Waals surface area contributed by atoms with Crippen molar-refractivity contribution in [1.29, 1.82) is 0 Å². The molecule has 21 heavy (non-hydrogen) atoms. The number of hydrogen-bond donors (Lipinski definition) is 3. The molecule has 116 valence electrons. The van der Waals surface area contributed by atoms with Crippen LogP contribution in [0.15, 0.2) is 18.2 Å². The summed E-state index contributed by atoms with van der Waals surface area (Å²) in [6.45, 7) is 0.338. The van der Waals surface area contributed by atoms with Crippen LogP contribution < -0.4 is 10.6 Å². The number of anilines is 1. The van der Waals surface area contributed by atoms with Crippen molar-refractivity contribution >= 4 is 23.3 Å². The van der Waals surface area contributed by atoms with Gasteiger partial charge in [-0.25, -0.2) is 4.79 Å². The first kappa shape index (κ1) is 16.1. The van der Waals surface area contributed by atoms with Crippen LogP contribution in [-0.4, -0.2) is 30.4 Å². The van der Waals surface area contributed by atoms with Crippen LogP contribution >= 0.6 is 11.6 Å². The minimum absolute atomic E-state index is 0.110. The summed E-state index contributed by atoms with van der Waals surface area (Å²) in [4.78, 5) is 12.1. The second-order valence-corrected chi connectivity index (χ2v) is 5.71. The molecular weight excluding hydrogens is 292 g/mol. The van der Waals surface area contributed by atoms with Crippen LogP contribution in [0.2, 0.25) is 5.02 Å². The Labute approximate surface area is 129 Å². The van der Waals surface area contributed by atoms with Crippen molar-refractivity contribution in [3.8, 4) is 0 Å². The number of hydrogen-bond acceptors (Lipinski definition) is 3. The predicted molar refractivity (Wildman–Crippen MR) is 82.6 cm³/mol. The van der Waals surface area contributed by atoms with E-state index in [2.05, 4.69) is 10.6 Å². The first-order chi connectivity index (χ1) is 10.1. The van der Waals surface area contributed by atoms with Crippen molar-refractivity contribution in [1.82, 2.24) is 5.32 Å². The molecule has 0 atom stereocenters. The molecule has 1 saturated carbocycles. The van der Waals surface area contributed by atoms with Crippen molar-refractivity contribution < 1.29 is 14.6 Å². The van der Waals surface area contributed by atoms with Gasteiger partial charge in [-0.05, 0) is 37.8 Å². The zero-order chi connectivity index (χ0) is 15.2. The van der Waals surface area contributed by atoms with Gasteiger partial charge in [-0.15, -0.1) is 0 Å².